The lowest BCUT2D eigenvalue weighted by Gasteiger charge is -1.99. The van der Waals surface area contributed by atoms with Gasteiger partial charge in [0, 0.05) is 11.1 Å². The van der Waals surface area contributed by atoms with Gasteiger partial charge in [-0.2, -0.15) is 5.26 Å². The average molecular weight is 245 g/mol. The lowest BCUT2D eigenvalue weighted by atomic mass is 10.0. The summed E-state index contributed by atoms with van der Waals surface area (Å²) in [6, 6.07) is 21.7. The van der Waals surface area contributed by atoms with Crippen LogP contribution in [0.15, 0.2) is 71.3 Å². The van der Waals surface area contributed by atoms with E-state index in [0.717, 1.165) is 16.7 Å². The Morgan fingerprint density at radius 1 is 0.789 bits per heavy atom. The van der Waals surface area contributed by atoms with Crippen molar-refractivity contribution >= 4 is 0 Å². The zero-order valence-electron chi connectivity index (χ0n) is 10.2. The van der Waals surface area contributed by atoms with Crippen LogP contribution in [-0.2, 0) is 0 Å². The number of nitriles is 1. The van der Waals surface area contributed by atoms with E-state index in [-0.39, 0.29) is 0 Å². The predicted octanol–water partition coefficient (Wildman–Crippen LogP) is 4.49. The monoisotopic (exact) mass is 245 g/mol. The summed E-state index contributed by atoms with van der Waals surface area (Å²) in [5, 5.41) is 9.40. The summed E-state index contributed by atoms with van der Waals surface area (Å²) in [7, 11) is 0. The molecule has 0 saturated heterocycles. The maximum atomic E-state index is 9.40. The van der Waals surface area contributed by atoms with Crippen LogP contribution in [0.4, 0.5) is 0 Å². The molecule has 0 aliphatic heterocycles. The van der Waals surface area contributed by atoms with Crippen LogP contribution in [0.1, 0.15) is 5.56 Å². The van der Waals surface area contributed by atoms with Crippen LogP contribution in [0.3, 0.4) is 0 Å². The van der Waals surface area contributed by atoms with Crippen LogP contribution in [0.2, 0.25) is 0 Å². The summed E-state index contributed by atoms with van der Waals surface area (Å²) in [5.41, 5.74) is 3.32. The minimum atomic E-state index is 0.581. The third-order valence-electron chi connectivity index (χ3n) is 3.02. The molecule has 0 aliphatic carbocycles. The number of benzene rings is 2. The molecule has 1 aromatic heterocycles. The van der Waals surface area contributed by atoms with E-state index >= 15 is 0 Å². The van der Waals surface area contributed by atoms with Gasteiger partial charge in [0.1, 0.15) is 17.9 Å². The first-order chi connectivity index (χ1) is 9.40. The SMILES string of the molecule is N#Cc1c(-c2ccccc2)coc1-c1ccccc1. The zero-order chi connectivity index (χ0) is 13.1. The summed E-state index contributed by atoms with van der Waals surface area (Å²) >= 11 is 0. The van der Waals surface area contributed by atoms with Crippen molar-refractivity contribution in [2.45, 2.75) is 0 Å². The number of furan rings is 1. The second kappa shape index (κ2) is 4.83. The van der Waals surface area contributed by atoms with E-state index in [4.69, 9.17) is 4.42 Å². The quantitative estimate of drug-likeness (QED) is 0.667. The summed E-state index contributed by atoms with van der Waals surface area (Å²) in [6.45, 7) is 0. The van der Waals surface area contributed by atoms with Gasteiger partial charge >= 0.3 is 0 Å². The van der Waals surface area contributed by atoms with Crippen molar-refractivity contribution in [3.63, 3.8) is 0 Å². The Hall–Kier alpha value is -2.79. The topological polar surface area (TPSA) is 36.9 Å². The number of nitrogens with zero attached hydrogens (tertiary/aromatic N) is 1. The summed E-state index contributed by atoms with van der Waals surface area (Å²) in [6.07, 6.45) is 1.65. The number of hydrogen-bond acceptors (Lipinski definition) is 2. The highest BCUT2D eigenvalue weighted by molar-refractivity contribution is 5.78. The first-order valence-corrected chi connectivity index (χ1v) is 6.02. The Labute approximate surface area is 111 Å². The van der Waals surface area contributed by atoms with E-state index in [1.807, 2.05) is 60.7 Å². The van der Waals surface area contributed by atoms with Gasteiger partial charge in [0.2, 0.25) is 0 Å². The Bertz CT molecular complexity index is 664. The van der Waals surface area contributed by atoms with Crippen molar-refractivity contribution in [3.8, 4) is 28.5 Å². The van der Waals surface area contributed by atoms with Crippen molar-refractivity contribution < 1.29 is 4.42 Å². The second-order valence-electron chi connectivity index (χ2n) is 4.20. The van der Waals surface area contributed by atoms with Gasteiger partial charge in [0.15, 0.2) is 5.76 Å². The molecular weight excluding hydrogens is 234 g/mol. The highest BCUT2D eigenvalue weighted by atomic mass is 16.3. The van der Waals surface area contributed by atoms with Crippen LogP contribution < -0.4 is 0 Å². The number of hydrogen-bond donors (Lipinski definition) is 0. The molecule has 3 rings (SSSR count). The van der Waals surface area contributed by atoms with Crippen LogP contribution in [0, 0.1) is 11.3 Å². The van der Waals surface area contributed by atoms with Crippen molar-refractivity contribution in [1.82, 2.24) is 0 Å². The van der Waals surface area contributed by atoms with Gasteiger partial charge in [0.05, 0.1) is 0 Å². The van der Waals surface area contributed by atoms with Crippen molar-refractivity contribution in [2.75, 3.05) is 0 Å². The maximum absolute atomic E-state index is 9.40. The van der Waals surface area contributed by atoms with Gasteiger partial charge in [-0.3, -0.25) is 0 Å². The van der Waals surface area contributed by atoms with Crippen molar-refractivity contribution in [2.24, 2.45) is 0 Å². The van der Waals surface area contributed by atoms with Gasteiger partial charge in [-0.15, -0.1) is 0 Å². The molecule has 0 radical (unpaired) electrons. The molecular formula is C17H11NO. The first kappa shape index (κ1) is 11.3. The number of rotatable bonds is 2. The Morgan fingerprint density at radius 2 is 1.37 bits per heavy atom. The molecule has 0 N–H and O–H groups in total. The van der Waals surface area contributed by atoms with Crippen molar-refractivity contribution in [1.29, 1.82) is 5.26 Å². The molecule has 1 heterocycles. The fraction of sp³-hybridized carbons (Fsp3) is 0. The van der Waals surface area contributed by atoms with E-state index in [1.165, 1.54) is 0 Å². The minimum absolute atomic E-state index is 0.581. The molecule has 2 heteroatoms. The predicted molar refractivity (Wildman–Crippen MR) is 74.3 cm³/mol. The summed E-state index contributed by atoms with van der Waals surface area (Å²) < 4.78 is 5.60. The molecule has 0 bridgehead atoms. The zero-order valence-corrected chi connectivity index (χ0v) is 10.2. The van der Waals surface area contributed by atoms with E-state index < -0.39 is 0 Å². The highest BCUT2D eigenvalue weighted by Crippen LogP contribution is 2.33. The van der Waals surface area contributed by atoms with Gasteiger partial charge in [-0.05, 0) is 5.56 Å². The summed E-state index contributed by atoms with van der Waals surface area (Å²) in [5.74, 6) is 0.627. The van der Waals surface area contributed by atoms with Crippen LogP contribution in [0.25, 0.3) is 22.5 Å². The Balaban J connectivity index is 2.16. The molecule has 0 atom stereocenters. The Kier molecular flexibility index (Phi) is 2.88. The van der Waals surface area contributed by atoms with Gasteiger partial charge in [0.25, 0.3) is 0 Å². The van der Waals surface area contributed by atoms with E-state index in [2.05, 4.69) is 6.07 Å². The van der Waals surface area contributed by atoms with Crippen LogP contribution in [-0.4, -0.2) is 0 Å². The molecule has 2 aromatic carbocycles. The molecule has 3 aromatic rings. The van der Waals surface area contributed by atoms with E-state index in [0.29, 0.717) is 11.3 Å². The van der Waals surface area contributed by atoms with E-state index in [1.54, 1.807) is 6.26 Å². The second-order valence-corrected chi connectivity index (χ2v) is 4.20. The van der Waals surface area contributed by atoms with E-state index in [9.17, 15) is 5.26 Å². The standard InChI is InChI=1S/C17H11NO/c18-11-15-16(13-7-3-1-4-8-13)12-19-17(15)14-9-5-2-6-10-14/h1-10,12H. The maximum Gasteiger partial charge on any atom is 0.152 e. The smallest absolute Gasteiger partial charge is 0.152 e. The molecule has 19 heavy (non-hydrogen) atoms. The molecule has 2 nitrogen and oxygen atoms in total. The van der Waals surface area contributed by atoms with Crippen molar-refractivity contribution in [3.05, 3.63) is 72.5 Å². The molecule has 0 aliphatic rings. The van der Waals surface area contributed by atoms with Crippen LogP contribution in [0.5, 0.6) is 0 Å². The lowest BCUT2D eigenvalue weighted by Crippen LogP contribution is -1.81. The van der Waals surface area contributed by atoms with Crippen LogP contribution >= 0.6 is 0 Å². The lowest BCUT2D eigenvalue weighted by molar-refractivity contribution is 0.582. The average Bonchev–Trinajstić information content (AvgIpc) is 2.93. The molecule has 0 saturated carbocycles. The normalized spacial score (nSPS) is 10.1. The fourth-order valence-electron chi connectivity index (χ4n) is 2.10. The largest absolute Gasteiger partial charge is 0.462 e. The molecule has 0 spiro atoms. The third-order valence-corrected chi connectivity index (χ3v) is 3.02. The highest BCUT2D eigenvalue weighted by Gasteiger charge is 2.15. The van der Waals surface area contributed by atoms with Gasteiger partial charge in [-0.25, -0.2) is 0 Å². The fourth-order valence-corrected chi connectivity index (χ4v) is 2.10. The molecule has 0 unspecified atom stereocenters. The molecule has 90 valence electrons. The Morgan fingerprint density at radius 3 is 1.95 bits per heavy atom. The summed E-state index contributed by atoms with van der Waals surface area (Å²) in [4.78, 5) is 0. The third kappa shape index (κ3) is 2.02. The minimum Gasteiger partial charge on any atom is -0.462 e. The molecule has 0 fully saturated rings. The molecule has 0 amide bonds. The van der Waals surface area contributed by atoms with Gasteiger partial charge < -0.3 is 4.42 Å². The first-order valence-electron chi connectivity index (χ1n) is 6.02. The van der Waals surface area contributed by atoms with Gasteiger partial charge in [-0.1, -0.05) is 60.7 Å².